The molecule has 0 aliphatic rings. The first-order chi connectivity index (χ1) is 7.42. The van der Waals surface area contributed by atoms with Crippen LogP contribution in [0.25, 0.3) is 0 Å². The first-order valence-corrected chi connectivity index (χ1v) is 5.21. The Morgan fingerprint density at radius 1 is 1.50 bits per heavy atom. The maximum Gasteiger partial charge on any atom is 0.376 e. The first-order valence-electron chi connectivity index (χ1n) is 5.21. The fourth-order valence-electron chi connectivity index (χ4n) is 1.11. The Labute approximate surface area is 95.3 Å². The van der Waals surface area contributed by atoms with Crippen molar-refractivity contribution in [2.45, 2.75) is 33.2 Å². The maximum atomic E-state index is 11.4. The Hall–Kier alpha value is -1.65. The highest BCUT2D eigenvalue weighted by Gasteiger charge is 2.14. The van der Waals surface area contributed by atoms with Gasteiger partial charge in [0.2, 0.25) is 5.82 Å². The zero-order chi connectivity index (χ0) is 12.2. The maximum absolute atomic E-state index is 11.4. The van der Waals surface area contributed by atoms with E-state index in [2.05, 4.69) is 15.3 Å². The highest BCUT2D eigenvalue weighted by molar-refractivity contribution is 5.85. The number of carbonyl (C=O) groups excluding carboxylic acids is 1. The van der Waals surface area contributed by atoms with Crippen molar-refractivity contribution in [3.05, 3.63) is 18.1 Å². The van der Waals surface area contributed by atoms with Gasteiger partial charge in [0.05, 0.1) is 6.61 Å². The Kier molecular flexibility index (Phi) is 3.82. The van der Waals surface area contributed by atoms with Gasteiger partial charge in [-0.15, -0.1) is 0 Å². The molecule has 1 heterocycles. The van der Waals surface area contributed by atoms with Crippen molar-refractivity contribution in [3.8, 4) is 0 Å². The molecule has 0 atom stereocenters. The summed E-state index contributed by atoms with van der Waals surface area (Å²) in [6.45, 7) is 8.10. The van der Waals surface area contributed by atoms with Crippen LogP contribution in [0.5, 0.6) is 0 Å². The lowest BCUT2D eigenvalue weighted by Crippen LogP contribution is -2.27. The van der Waals surface area contributed by atoms with Gasteiger partial charge in [0.15, 0.2) is 0 Å². The fraction of sp³-hybridized carbons (Fsp3) is 0.545. The van der Waals surface area contributed by atoms with Crippen LogP contribution in [-0.2, 0) is 4.74 Å². The number of anilines is 1. The predicted octanol–water partition coefficient (Wildman–Crippen LogP) is 1.86. The van der Waals surface area contributed by atoms with Crippen molar-refractivity contribution in [2.75, 3.05) is 11.9 Å². The molecule has 0 saturated heterocycles. The second-order valence-electron chi connectivity index (χ2n) is 4.36. The molecule has 0 bridgehead atoms. The van der Waals surface area contributed by atoms with Gasteiger partial charge in [-0.05, 0) is 33.8 Å². The molecular weight excluding hydrogens is 206 g/mol. The van der Waals surface area contributed by atoms with Crippen LogP contribution in [-0.4, -0.2) is 28.1 Å². The van der Waals surface area contributed by atoms with E-state index in [1.807, 2.05) is 20.8 Å². The van der Waals surface area contributed by atoms with Gasteiger partial charge in [-0.25, -0.2) is 14.8 Å². The molecule has 5 heteroatoms. The molecule has 0 unspecified atom stereocenters. The van der Waals surface area contributed by atoms with Gasteiger partial charge in [-0.3, -0.25) is 0 Å². The third kappa shape index (κ3) is 3.84. The van der Waals surface area contributed by atoms with E-state index in [1.165, 1.54) is 6.20 Å². The summed E-state index contributed by atoms with van der Waals surface area (Å²) >= 11 is 0. The number of carbonyl (C=O) groups is 1. The minimum absolute atomic E-state index is 0.0797. The number of aromatic nitrogens is 2. The summed E-state index contributed by atoms with van der Waals surface area (Å²) < 4.78 is 4.82. The molecule has 16 heavy (non-hydrogen) atoms. The lowest BCUT2D eigenvalue weighted by atomic mass is 10.1. The smallest absolute Gasteiger partial charge is 0.376 e. The quantitative estimate of drug-likeness (QED) is 0.792. The second-order valence-corrected chi connectivity index (χ2v) is 4.36. The average Bonchev–Trinajstić information content (AvgIpc) is 2.16. The van der Waals surface area contributed by atoms with E-state index in [4.69, 9.17) is 4.74 Å². The van der Waals surface area contributed by atoms with Crippen LogP contribution in [0, 0.1) is 0 Å². The molecule has 0 aromatic carbocycles. The van der Waals surface area contributed by atoms with Crippen LogP contribution >= 0.6 is 0 Å². The third-order valence-corrected chi connectivity index (χ3v) is 1.62. The molecule has 0 saturated carbocycles. The Morgan fingerprint density at radius 3 is 2.75 bits per heavy atom. The molecule has 1 aromatic rings. The van der Waals surface area contributed by atoms with Crippen molar-refractivity contribution in [2.24, 2.45) is 0 Å². The predicted molar refractivity (Wildman–Crippen MR) is 61.4 cm³/mol. The van der Waals surface area contributed by atoms with E-state index in [0.717, 1.165) is 0 Å². The van der Waals surface area contributed by atoms with E-state index >= 15 is 0 Å². The number of hydrogen-bond donors (Lipinski definition) is 1. The number of esters is 1. The van der Waals surface area contributed by atoms with Crippen molar-refractivity contribution >= 4 is 11.8 Å². The summed E-state index contributed by atoms with van der Waals surface area (Å²) in [7, 11) is 0. The summed E-state index contributed by atoms with van der Waals surface area (Å²) in [5.41, 5.74) is -0.111. The van der Waals surface area contributed by atoms with E-state index in [-0.39, 0.29) is 11.4 Å². The SMILES string of the molecule is CCOC(=O)c1nccc(NC(C)(C)C)n1. The molecule has 1 N–H and O–H groups in total. The molecule has 0 aliphatic heterocycles. The minimum atomic E-state index is -0.500. The van der Waals surface area contributed by atoms with Crippen LogP contribution in [0.3, 0.4) is 0 Å². The first kappa shape index (κ1) is 12.4. The van der Waals surface area contributed by atoms with Crippen LogP contribution in [0.1, 0.15) is 38.3 Å². The van der Waals surface area contributed by atoms with Gasteiger partial charge < -0.3 is 10.1 Å². The molecule has 0 radical (unpaired) electrons. The Balaban J connectivity index is 2.83. The Morgan fingerprint density at radius 2 is 2.19 bits per heavy atom. The second kappa shape index (κ2) is 4.92. The van der Waals surface area contributed by atoms with E-state index in [0.29, 0.717) is 12.4 Å². The minimum Gasteiger partial charge on any atom is -0.460 e. The van der Waals surface area contributed by atoms with Gasteiger partial charge in [0.1, 0.15) is 5.82 Å². The van der Waals surface area contributed by atoms with Crippen molar-refractivity contribution < 1.29 is 9.53 Å². The van der Waals surface area contributed by atoms with Gasteiger partial charge in [-0.1, -0.05) is 0 Å². The highest BCUT2D eigenvalue weighted by atomic mass is 16.5. The summed E-state index contributed by atoms with van der Waals surface area (Å²) in [5, 5.41) is 3.16. The highest BCUT2D eigenvalue weighted by Crippen LogP contribution is 2.11. The molecule has 0 spiro atoms. The molecule has 5 nitrogen and oxygen atoms in total. The lowest BCUT2D eigenvalue weighted by molar-refractivity contribution is 0.0512. The summed E-state index contributed by atoms with van der Waals surface area (Å²) in [5.74, 6) is 0.196. The number of nitrogens with one attached hydrogen (secondary N) is 1. The molecule has 0 fully saturated rings. The zero-order valence-electron chi connectivity index (χ0n) is 10.1. The van der Waals surface area contributed by atoms with E-state index in [1.54, 1.807) is 13.0 Å². The molecular formula is C11H17N3O2. The summed E-state index contributed by atoms with van der Waals surface area (Å²) in [4.78, 5) is 19.3. The molecule has 1 aromatic heterocycles. The van der Waals surface area contributed by atoms with Crippen LogP contribution in [0.4, 0.5) is 5.82 Å². The van der Waals surface area contributed by atoms with Gasteiger partial charge >= 0.3 is 5.97 Å². The number of rotatable bonds is 3. The molecule has 0 amide bonds. The summed E-state index contributed by atoms with van der Waals surface area (Å²) in [6.07, 6.45) is 1.54. The topological polar surface area (TPSA) is 64.1 Å². The largest absolute Gasteiger partial charge is 0.460 e. The normalized spacial score (nSPS) is 11.0. The Bertz CT molecular complexity index is 372. The van der Waals surface area contributed by atoms with Crippen LogP contribution in [0.2, 0.25) is 0 Å². The third-order valence-electron chi connectivity index (χ3n) is 1.62. The van der Waals surface area contributed by atoms with Gasteiger partial charge in [-0.2, -0.15) is 0 Å². The molecule has 0 aliphatic carbocycles. The van der Waals surface area contributed by atoms with Crippen molar-refractivity contribution in [1.29, 1.82) is 0 Å². The number of nitrogens with zero attached hydrogens (tertiary/aromatic N) is 2. The zero-order valence-corrected chi connectivity index (χ0v) is 10.1. The number of hydrogen-bond acceptors (Lipinski definition) is 5. The average molecular weight is 223 g/mol. The standard InChI is InChI=1S/C11H17N3O2/c1-5-16-10(15)9-12-7-6-8(13-9)14-11(2,3)4/h6-7H,5H2,1-4H3,(H,12,13,14). The van der Waals surface area contributed by atoms with Gasteiger partial charge in [0.25, 0.3) is 0 Å². The van der Waals surface area contributed by atoms with Crippen molar-refractivity contribution in [3.63, 3.8) is 0 Å². The van der Waals surface area contributed by atoms with Crippen LogP contribution in [0.15, 0.2) is 12.3 Å². The van der Waals surface area contributed by atoms with E-state index < -0.39 is 5.97 Å². The van der Waals surface area contributed by atoms with E-state index in [9.17, 15) is 4.79 Å². The summed E-state index contributed by atoms with van der Waals surface area (Å²) in [6, 6.07) is 1.72. The molecule has 88 valence electrons. The monoisotopic (exact) mass is 223 g/mol. The lowest BCUT2D eigenvalue weighted by Gasteiger charge is -2.21. The van der Waals surface area contributed by atoms with Gasteiger partial charge in [0, 0.05) is 11.7 Å². The molecule has 1 rings (SSSR count). The van der Waals surface area contributed by atoms with Crippen molar-refractivity contribution in [1.82, 2.24) is 9.97 Å². The number of ether oxygens (including phenoxy) is 1. The fourth-order valence-corrected chi connectivity index (χ4v) is 1.11. The van der Waals surface area contributed by atoms with Crippen LogP contribution < -0.4 is 5.32 Å².